The smallest absolute Gasteiger partial charge is 0.190 e. The van der Waals surface area contributed by atoms with Gasteiger partial charge < -0.3 is 15.4 Å². The van der Waals surface area contributed by atoms with E-state index in [4.69, 9.17) is 4.74 Å². The Bertz CT molecular complexity index is 356. The van der Waals surface area contributed by atoms with E-state index in [1.807, 2.05) is 7.05 Å². The van der Waals surface area contributed by atoms with Crippen LogP contribution in [0.4, 0.5) is 0 Å². The van der Waals surface area contributed by atoms with E-state index in [0.717, 1.165) is 45.0 Å². The lowest BCUT2D eigenvalue weighted by atomic mass is 9.67. The summed E-state index contributed by atoms with van der Waals surface area (Å²) in [4.78, 5) is 6.90. The Morgan fingerprint density at radius 1 is 1.17 bits per heavy atom. The molecule has 0 aliphatic heterocycles. The van der Waals surface area contributed by atoms with Gasteiger partial charge in [-0.2, -0.15) is 0 Å². The maximum absolute atomic E-state index is 5.27. The molecule has 142 valence electrons. The van der Waals surface area contributed by atoms with Gasteiger partial charge in [-0.15, -0.1) is 0 Å². The molecule has 1 fully saturated rings. The van der Waals surface area contributed by atoms with Crippen LogP contribution in [0.2, 0.25) is 0 Å². The summed E-state index contributed by atoms with van der Waals surface area (Å²) in [5.74, 6) is 0.930. The third-order valence-electron chi connectivity index (χ3n) is 5.32. The molecule has 0 saturated heterocycles. The van der Waals surface area contributed by atoms with Crippen molar-refractivity contribution in [3.8, 4) is 0 Å². The fraction of sp³-hybridized carbons (Fsp3) is 0.947. The molecular weight excluding hydrogens is 300 g/mol. The fourth-order valence-electron chi connectivity index (χ4n) is 3.58. The number of nitrogens with zero attached hydrogens (tertiary/aromatic N) is 2. The predicted octanol–water partition coefficient (Wildman–Crippen LogP) is 2.87. The van der Waals surface area contributed by atoms with Crippen LogP contribution in [0.5, 0.6) is 0 Å². The van der Waals surface area contributed by atoms with Crippen molar-refractivity contribution in [1.29, 1.82) is 0 Å². The highest BCUT2D eigenvalue weighted by Crippen LogP contribution is 2.43. The predicted molar refractivity (Wildman–Crippen MR) is 104 cm³/mol. The third-order valence-corrected chi connectivity index (χ3v) is 5.32. The average Bonchev–Trinajstić information content (AvgIpc) is 2.50. The van der Waals surface area contributed by atoms with Gasteiger partial charge in [-0.05, 0) is 58.8 Å². The summed E-state index contributed by atoms with van der Waals surface area (Å²) in [5, 5.41) is 6.98. The molecule has 0 spiro atoms. The largest absolute Gasteiger partial charge is 0.385 e. The number of hydrogen-bond donors (Lipinski definition) is 2. The Morgan fingerprint density at radius 3 is 2.29 bits per heavy atom. The summed E-state index contributed by atoms with van der Waals surface area (Å²) in [6.45, 7) is 13.0. The second-order valence-corrected chi connectivity index (χ2v) is 7.73. The number of ether oxygens (including phenoxy) is 1. The molecule has 0 amide bonds. The monoisotopic (exact) mass is 340 g/mol. The maximum atomic E-state index is 5.27. The normalized spacial score (nSPS) is 17.5. The molecule has 1 aliphatic carbocycles. The van der Waals surface area contributed by atoms with Crippen molar-refractivity contribution in [3.63, 3.8) is 0 Å². The van der Waals surface area contributed by atoms with Gasteiger partial charge in [0.15, 0.2) is 5.96 Å². The summed E-state index contributed by atoms with van der Waals surface area (Å²) in [6, 6.07) is 1.20. The molecule has 0 bridgehead atoms. The molecule has 0 atom stereocenters. The van der Waals surface area contributed by atoms with Crippen molar-refractivity contribution in [3.05, 3.63) is 0 Å². The average molecular weight is 341 g/mol. The molecule has 0 heterocycles. The van der Waals surface area contributed by atoms with Crippen LogP contribution in [0.1, 0.15) is 59.8 Å². The van der Waals surface area contributed by atoms with Gasteiger partial charge >= 0.3 is 0 Å². The minimum absolute atomic E-state index is 0.416. The van der Waals surface area contributed by atoms with E-state index >= 15 is 0 Å². The van der Waals surface area contributed by atoms with Crippen LogP contribution in [0, 0.1) is 5.41 Å². The number of rotatable bonds is 11. The Kier molecular flexibility index (Phi) is 9.67. The molecule has 0 unspecified atom stereocenters. The van der Waals surface area contributed by atoms with Gasteiger partial charge in [-0.3, -0.25) is 9.89 Å². The Labute approximate surface area is 149 Å². The van der Waals surface area contributed by atoms with Crippen LogP contribution in [0.3, 0.4) is 0 Å². The van der Waals surface area contributed by atoms with Crippen molar-refractivity contribution in [2.75, 3.05) is 40.4 Å². The van der Waals surface area contributed by atoms with Gasteiger partial charge in [0, 0.05) is 52.5 Å². The van der Waals surface area contributed by atoms with Gasteiger partial charge in [0.2, 0.25) is 0 Å². The topological polar surface area (TPSA) is 48.9 Å². The van der Waals surface area contributed by atoms with E-state index in [9.17, 15) is 0 Å². The van der Waals surface area contributed by atoms with Crippen molar-refractivity contribution >= 4 is 5.96 Å². The fourth-order valence-corrected chi connectivity index (χ4v) is 3.58. The minimum atomic E-state index is 0.416. The molecule has 5 nitrogen and oxygen atoms in total. The standard InChI is InChI=1S/C19H40N4O/c1-16(2)23(17(3)4)13-8-12-21-18(20-5)22-15-19(9-7-10-19)11-14-24-6/h16-17H,7-15H2,1-6H3,(H2,20,21,22). The van der Waals surface area contributed by atoms with Gasteiger partial charge in [0.05, 0.1) is 0 Å². The molecule has 24 heavy (non-hydrogen) atoms. The molecule has 1 saturated carbocycles. The van der Waals surface area contributed by atoms with Crippen molar-refractivity contribution in [1.82, 2.24) is 15.5 Å². The number of nitrogens with one attached hydrogen (secondary N) is 2. The zero-order valence-electron chi connectivity index (χ0n) is 16.8. The molecule has 0 radical (unpaired) electrons. The van der Waals surface area contributed by atoms with E-state index in [-0.39, 0.29) is 0 Å². The highest BCUT2D eigenvalue weighted by Gasteiger charge is 2.36. The highest BCUT2D eigenvalue weighted by molar-refractivity contribution is 5.79. The van der Waals surface area contributed by atoms with Crippen LogP contribution >= 0.6 is 0 Å². The van der Waals surface area contributed by atoms with E-state index < -0.39 is 0 Å². The van der Waals surface area contributed by atoms with E-state index in [0.29, 0.717) is 17.5 Å². The van der Waals surface area contributed by atoms with Crippen LogP contribution in [0.25, 0.3) is 0 Å². The Hall–Kier alpha value is -0.810. The van der Waals surface area contributed by atoms with Crippen LogP contribution < -0.4 is 10.6 Å². The van der Waals surface area contributed by atoms with Gasteiger partial charge in [0.1, 0.15) is 0 Å². The van der Waals surface area contributed by atoms with Crippen LogP contribution in [-0.4, -0.2) is 63.3 Å². The van der Waals surface area contributed by atoms with Crippen molar-refractivity contribution < 1.29 is 4.74 Å². The van der Waals surface area contributed by atoms with E-state index in [2.05, 4.69) is 48.2 Å². The second kappa shape index (κ2) is 10.9. The number of guanidine groups is 1. The molecule has 1 aliphatic rings. The third kappa shape index (κ3) is 6.98. The first kappa shape index (κ1) is 21.2. The second-order valence-electron chi connectivity index (χ2n) is 7.73. The van der Waals surface area contributed by atoms with Crippen molar-refractivity contribution in [2.24, 2.45) is 10.4 Å². The molecule has 5 heteroatoms. The van der Waals surface area contributed by atoms with E-state index in [1.54, 1.807) is 7.11 Å². The van der Waals surface area contributed by atoms with Crippen molar-refractivity contribution in [2.45, 2.75) is 71.9 Å². The molecule has 0 aromatic carbocycles. The Balaban J connectivity index is 2.28. The summed E-state index contributed by atoms with van der Waals surface area (Å²) in [6.07, 6.45) is 6.23. The molecule has 1 rings (SSSR count). The zero-order valence-corrected chi connectivity index (χ0v) is 16.8. The van der Waals surface area contributed by atoms with Gasteiger partial charge in [-0.25, -0.2) is 0 Å². The zero-order chi connectivity index (χ0) is 18.0. The quantitative estimate of drug-likeness (QED) is 0.345. The van der Waals surface area contributed by atoms with Crippen LogP contribution in [-0.2, 0) is 4.74 Å². The lowest BCUT2D eigenvalue weighted by molar-refractivity contribution is 0.0732. The summed E-state index contributed by atoms with van der Waals surface area (Å²) in [7, 11) is 3.64. The first-order chi connectivity index (χ1) is 11.4. The first-order valence-electron chi connectivity index (χ1n) is 9.63. The lowest BCUT2D eigenvalue weighted by Gasteiger charge is -2.42. The summed E-state index contributed by atoms with van der Waals surface area (Å²) >= 11 is 0. The van der Waals surface area contributed by atoms with Gasteiger partial charge in [-0.1, -0.05) is 6.42 Å². The first-order valence-corrected chi connectivity index (χ1v) is 9.63. The maximum Gasteiger partial charge on any atom is 0.190 e. The SMILES string of the molecule is CN=C(NCCCN(C(C)C)C(C)C)NCC1(CCOC)CCC1. The molecule has 0 aromatic heterocycles. The lowest BCUT2D eigenvalue weighted by Crippen LogP contribution is -2.47. The highest BCUT2D eigenvalue weighted by atomic mass is 16.5. The minimum Gasteiger partial charge on any atom is -0.385 e. The summed E-state index contributed by atoms with van der Waals surface area (Å²) < 4.78 is 5.27. The molecule has 2 N–H and O–H groups in total. The summed E-state index contributed by atoms with van der Waals surface area (Å²) in [5.41, 5.74) is 0.416. The van der Waals surface area contributed by atoms with Gasteiger partial charge in [0.25, 0.3) is 0 Å². The van der Waals surface area contributed by atoms with E-state index in [1.165, 1.54) is 19.3 Å². The number of methoxy groups -OCH3 is 1. The van der Waals surface area contributed by atoms with Crippen LogP contribution in [0.15, 0.2) is 4.99 Å². The number of hydrogen-bond acceptors (Lipinski definition) is 3. The Morgan fingerprint density at radius 2 is 1.83 bits per heavy atom. The number of aliphatic imine (C=N–C) groups is 1. The molecular formula is C19H40N4O. The molecule has 0 aromatic rings.